The molecule has 2 heterocycles. The minimum atomic E-state index is -0.330. The van der Waals surface area contributed by atoms with E-state index in [1.54, 1.807) is 17.1 Å². The molecule has 0 N–H and O–H groups in total. The number of rotatable bonds is 5. The molecule has 0 aliphatic carbocycles. The first-order chi connectivity index (χ1) is 12.7. The topological polar surface area (TPSA) is 60.9 Å². The monoisotopic (exact) mass is 363 g/mol. The van der Waals surface area contributed by atoms with E-state index >= 15 is 0 Å². The zero-order valence-electron chi connectivity index (χ0n) is 14.3. The minimum Gasteiger partial charge on any atom is -0.423 e. The van der Waals surface area contributed by atoms with Crippen LogP contribution in [0, 0.1) is 0 Å². The first-order valence-corrected chi connectivity index (χ1v) is 9.37. The highest BCUT2D eigenvalue weighted by Crippen LogP contribution is 2.25. The zero-order chi connectivity index (χ0) is 17.9. The Morgan fingerprint density at radius 3 is 2.77 bits per heavy atom. The van der Waals surface area contributed by atoms with E-state index in [2.05, 4.69) is 23.1 Å². The summed E-state index contributed by atoms with van der Waals surface area (Å²) in [5.74, 6) is 0.604. The Bertz CT molecular complexity index is 1100. The average Bonchev–Trinajstić information content (AvgIpc) is 3.15. The van der Waals surface area contributed by atoms with Gasteiger partial charge in [0.15, 0.2) is 0 Å². The molecule has 4 aromatic rings. The van der Waals surface area contributed by atoms with E-state index in [4.69, 9.17) is 4.42 Å². The largest absolute Gasteiger partial charge is 0.423 e. The Morgan fingerprint density at radius 2 is 1.96 bits per heavy atom. The Balaban J connectivity index is 1.58. The minimum absolute atomic E-state index is 0.330. The van der Waals surface area contributed by atoms with Crippen LogP contribution in [-0.2, 0) is 12.2 Å². The van der Waals surface area contributed by atoms with Gasteiger partial charge in [-0.15, -0.1) is 5.10 Å². The Hall–Kier alpha value is -2.86. The first-order valence-electron chi connectivity index (χ1n) is 8.38. The molecule has 0 atom stereocenters. The van der Waals surface area contributed by atoms with Gasteiger partial charge in [0.2, 0.25) is 5.16 Å². The lowest BCUT2D eigenvalue weighted by atomic mass is 10.1. The number of hydrogen-bond donors (Lipinski definition) is 0. The van der Waals surface area contributed by atoms with Crippen LogP contribution in [0.4, 0.5) is 0 Å². The van der Waals surface area contributed by atoms with E-state index in [9.17, 15) is 4.79 Å². The number of hydrogen-bond acceptors (Lipinski definition) is 5. The zero-order valence-corrected chi connectivity index (χ0v) is 15.1. The molecule has 0 aliphatic rings. The van der Waals surface area contributed by atoms with Gasteiger partial charge in [-0.1, -0.05) is 49.0 Å². The van der Waals surface area contributed by atoms with E-state index in [1.807, 2.05) is 42.5 Å². The van der Waals surface area contributed by atoms with Crippen molar-refractivity contribution in [2.75, 3.05) is 0 Å². The quantitative estimate of drug-likeness (QED) is 0.392. The maximum atomic E-state index is 11.9. The summed E-state index contributed by atoms with van der Waals surface area (Å²) in [7, 11) is 0. The molecule has 0 fully saturated rings. The van der Waals surface area contributed by atoms with Gasteiger partial charge in [-0.3, -0.25) is 0 Å². The van der Waals surface area contributed by atoms with Crippen LogP contribution in [0.1, 0.15) is 18.1 Å². The van der Waals surface area contributed by atoms with Crippen LogP contribution in [0.3, 0.4) is 0 Å². The average molecular weight is 363 g/mol. The molecule has 0 radical (unpaired) electrons. The molecular weight excluding hydrogens is 346 g/mol. The SMILES string of the molecule is CCc1ccc2c(CSc3ncn(-c4ccccc4)n3)cc(=O)oc2c1. The van der Waals surface area contributed by atoms with Crippen LogP contribution in [0.5, 0.6) is 0 Å². The highest BCUT2D eigenvalue weighted by atomic mass is 32.2. The van der Waals surface area contributed by atoms with Crippen molar-refractivity contribution < 1.29 is 4.42 Å². The lowest BCUT2D eigenvalue weighted by Crippen LogP contribution is -2.00. The van der Waals surface area contributed by atoms with E-state index in [-0.39, 0.29) is 5.63 Å². The summed E-state index contributed by atoms with van der Waals surface area (Å²) in [4.78, 5) is 16.2. The molecule has 0 amide bonds. The maximum Gasteiger partial charge on any atom is 0.336 e. The van der Waals surface area contributed by atoms with Crippen molar-refractivity contribution in [1.29, 1.82) is 0 Å². The number of para-hydroxylation sites is 1. The normalized spacial score (nSPS) is 11.1. The Morgan fingerprint density at radius 1 is 1.12 bits per heavy atom. The predicted molar refractivity (Wildman–Crippen MR) is 103 cm³/mol. The molecule has 0 saturated heterocycles. The fourth-order valence-electron chi connectivity index (χ4n) is 2.78. The van der Waals surface area contributed by atoms with Gasteiger partial charge < -0.3 is 4.42 Å². The third-order valence-electron chi connectivity index (χ3n) is 4.15. The highest BCUT2D eigenvalue weighted by molar-refractivity contribution is 7.98. The van der Waals surface area contributed by atoms with Gasteiger partial charge in [0.1, 0.15) is 11.9 Å². The second kappa shape index (κ2) is 7.17. The molecule has 0 saturated carbocycles. The van der Waals surface area contributed by atoms with Crippen LogP contribution < -0.4 is 5.63 Å². The van der Waals surface area contributed by atoms with Crippen molar-refractivity contribution in [1.82, 2.24) is 14.8 Å². The lowest BCUT2D eigenvalue weighted by molar-refractivity contribution is 0.559. The maximum absolute atomic E-state index is 11.9. The van der Waals surface area contributed by atoms with Crippen molar-refractivity contribution >= 4 is 22.7 Å². The smallest absolute Gasteiger partial charge is 0.336 e. The van der Waals surface area contributed by atoms with Gasteiger partial charge in [-0.25, -0.2) is 14.5 Å². The Labute approximate surface area is 154 Å². The van der Waals surface area contributed by atoms with Crippen LogP contribution in [0.15, 0.2) is 75.3 Å². The third kappa shape index (κ3) is 3.41. The predicted octanol–water partition coefficient (Wildman–Crippen LogP) is 4.23. The van der Waals surface area contributed by atoms with Crippen molar-refractivity contribution in [2.24, 2.45) is 0 Å². The molecule has 5 nitrogen and oxygen atoms in total. The molecule has 26 heavy (non-hydrogen) atoms. The fourth-order valence-corrected chi connectivity index (χ4v) is 3.57. The van der Waals surface area contributed by atoms with Crippen LogP contribution in [0.2, 0.25) is 0 Å². The number of aromatic nitrogens is 3. The van der Waals surface area contributed by atoms with Gasteiger partial charge in [0.05, 0.1) is 5.69 Å². The van der Waals surface area contributed by atoms with Gasteiger partial charge in [0.25, 0.3) is 0 Å². The summed E-state index contributed by atoms with van der Waals surface area (Å²) in [6.07, 6.45) is 2.60. The van der Waals surface area contributed by atoms with Crippen molar-refractivity contribution in [3.8, 4) is 5.69 Å². The number of fused-ring (bicyclic) bond motifs is 1. The molecule has 2 aromatic carbocycles. The lowest BCUT2D eigenvalue weighted by Gasteiger charge is -2.05. The summed E-state index contributed by atoms with van der Waals surface area (Å²) in [5, 5.41) is 6.11. The molecule has 4 rings (SSSR count). The van der Waals surface area contributed by atoms with Crippen molar-refractivity contribution in [3.63, 3.8) is 0 Å². The molecule has 0 spiro atoms. The second-order valence-corrected chi connectivity index (χ2v) is 6.81. The molecule has 0 aliphatic heterocycles. The summed E-state index contributed by atoms with van der Waals surface area (Å²) >= 11 is 1.50. The number of benzene rings is 2. The van der Waals surface area contributed by atoms with Crippen molar-refractivity contribution in [2.45, 2.75) is 24.3 Å². The summed E-state index contributed by atoms with van der Waals surface area (Å²) in [6.45, 7) is 2.08. The first kappa shape index (κ1) is 16.6. The van der Waals surface area contributed by atoms with E-state index in [0.717, 1.165) is 28.6 Å². The number of aryl methyl sites for hydroxylation is 1. The van der Waals surface area contributed by atoms with Crippen molar-refractivity contribution in [3.05, 3.63) is 82.5 Å². The Kier molecular flexibility index (Phi) is 4.58. The molecule has 130 valence electrons. The molecule has 0 bridgehead atoms. The molecule has 2 aromatic heterocycles. The van der Waals surface area contributed by atoms with Crippen LogP contribution in [-0.4, -0.2) is 14.8 Å². The van der Waals surface area contributed by atoms with Gasteiger partial charge >= 0.3 is 5.63 Å². The fraction of sp³-hybridized carbons (Fsp3) is 0.150. The standard InChI is InChI=1S/C20H17N3O2S/c1-2-14-8-9-17-15(11-19(24)25-18(17)10-14)12-26-20-21-13-23(22-20)16-6-4-3-5-7-16/h3-11,13H,2,12H2,1H3. The molecule has 6 heteroatoms. The number of thioether (sulfide) groups is 1. The van der Waals surface area contributed by atoms with E-state index in [1.165, 1.54) is 11.8 Å². The summed E-state index contributed by atoms with van der Waals surface area (Å²) in [6, 6.07) is 17.4. The summed E-state index contributed by atoms with van der Waals surface area (Å²) < 4.78 is 7.10. The van der Waals surface area contributed by atoms with E-state index < -0.39 is 0 Å². The molecular formula is C20H17N3O2S. The van der Waals surface area contributed by atoms with Gasteiger partial charge in [-0.2, -0.15) is 0 Å². The van der Waals surface area contributed by atoms with Gasteiger partial charge in [-0.05, 0) is 35.7 Å². The third-order valence-corrected chi connectivity index (χ3v) is 5.05. The number of nitrogens with zero attached hydrogens (tertiary/aromatic N) is 3. The summed E-state index contributed by atoms with van der Waals surface area (Å²) in [5.41, 5.74) is 3.35. The van der Waals surface area contributed by atoms with Crippen LogP contribution in [0.25, 0.3) is 16.7 Å². The van der Waals surface area contributed by atoms with Crippen LogP contribution >= 0.6 is 11.8 Å². The second-order valence-electron chi connectivity index (χ2n) is 5.87. The highest BCUT2D eigenvalue weighted by Gasteiger charge is 2.09. The van der Waals surface area contributed by atoms with Gasteiger partial charge in [0, 0.05) is 17.2 Å². The molecule has 0 unspecified atom stereocenters. The van der Waals surface area contributed by atoms with E-state index in [0.29, 0.717) is 16.5 Å².